The normalized spacial score (nSPS) is 11.7. The van der Waals surface area contributed by atoms with Gasteiger partial charge < -0.3 is 14.2 Å². The van der Waals surface area contributed by atoms with E-state index in [9.17, 15) is 4.79 Å². The van der Waals surface area contributed by atoms with Gasteiger partial charge in [0.05, 0.1) is 7.11 Å². The maximum Gasteiger partial charge on any atom is 0.345 e. The molecule has 0 radical (unpaired) electrons. The molecule has 1 atom stereocenters. The lowest BCUT2D eigenvalue weighted by Gasteiger charge is -2.11. The van der Waals surface area contributed by atoms with Crippen LogP contribution in [0.15, 0.2) is 24.3 Å². The van der Waals surface area contributed by atoms with E-state index in [-0.39, 0.29) is 6.61 Å². The van der Waals surface area contributed by atoms with Crippen LogP contribution in [-0.4, -0.2) is 25.8 Å². The standard InChI is InChI=1S/C15H17NO4/c1-4-5-12-6-7-13(14(8-12)18-3)19-10-15(17)20-11(2)9-16/h4-8,11H,10H2,1-3H3/b5-4+/t11-/m1/s1. The summed E-state index contributed by atoms with van der Waals surface area (Å²) in [6.45, 7) is 3.14. The van der Waals surface area contributed by atoms with E-state index in [2.05, 4.69) is 0 Å². The number of allylic oxidation sites excluding steroid dienone is 1. The van der Waals surface area contributed by atoms with Crippen LogP contribution in [0.3, 0.4) is 0 Å². The van der Waals surface area contributed by atoms with Gasteiger partial charge in [0.2, 0.25) is 0 Å². The van der Waals surface area contributed by atoms with E-state index >= 15 is 0 Å². The Morgan fingerprint density at radius 3 is 2.80 bits per heavy atom. The molecule has 5 heteroatoms. The Bertz CT molecular complexity index is 531. The first-order valence-corrected chi connectivity index (χ1v) is 6.13. The lowest BCUT2D eigenvalue weighted by Crippen LogP contribution is -2.19. The van der Waals surface area contributed by atoms with E-state index in [1.165, 1.54) is 14.0 Å². The minimum absolute atomic E-state index is 0.272. The van der Waals surface area contributed by atoms with Crippen molar-refractivity contribution in [2.24, 2.45) is 0 Å². The van der Waals surface area contributed by atoms with Crippen molar-refractivity contribution in [1.82, 2.24) is 0 Å². The highest BCUT2D eigenvalue weighted by Gasteiger charge is 2.11. The van der Waals surface area contributed by atoms with Crippen molar-refractivity contribution < 1.29 is 19.0 Å². The van der Waals surface area contributed by atoms with Crippen LogP contribution in [0.2, 0.25) is 0 Å². The Kier molecular flexibility index (Phi) is 6.11. The number of esters is 1. The molecule has 0 saturated heterocycles. The van der Waals surface area contributed by atoms with Gasteiger partial charge in [-0.05, 0) is 31.5 Å². The summed E-state index contributed by atoms with van der Waals surface area (Å²) >= 11 is 0. The Morgan fingerprint density at radius 2 is 2.20 bits per heavy atom. The molecule has 0 N–H and O–H groups in total. The van der Waals surface area contributed by atoms with E-state index in [1.54, 1.807) is 12.1 Å². The first kappa shape index (κ1) is 15.6. The van der Waals surface area contributed by atoms with Crippen molar-refractivity contribution in [2.75, 3.05) is 13.7 Å². The summed E-state index contributed by atoms with van der Waals surface area (Å²) in [6.07, 6.45) is 3.05. The van der Waals surface area contributed by atoms with E-state index in [4.69, 9.17) is 19.5 Å². The van der Waals surface area contributed by atoms with Gasteiger partial charge in [0, 0.05) is 0 Å². The fourth-order valence-corrected chi connectivity index (χ4v) is 1.49. The highest BCUT2D eigenvalue weighted by atomic mass is 16.6. The average molecular weight is 275 g/mol. The number of carbonyl (C=O) groups is 1. The van der Waals surface area contributed by atoms with Crippen LogP contribution in [0.1, 0.15) is 19.4 Å². The van der Waals surface area contributed by atoms with Crippen molar-refractivity contribution in [3.05, 3.63) is 29.8 Å². The monoisotopic (exact) mass is 275 g/mol. The van der Waals surface area contributed by atoms with Gasteiger partial charge in [0.15, 0.2) is 24.2 Å². The molecule has 0 aliphatic carbocycles. The van der Waals surface area contributed by atoms with Gasteiger partial charge >= 0.3 is 5.97 Å². The lowest BCUT2D eigenvalue weighted by molar-refractivity contribution is -0.148. The third-order valence-electron chi connectivity index (χ3n) is 2.38. The molecule has 1 rings (SSSR count). The number of hydrogen-bond acceptors (Lipinski definition) is 5. The molecule has 0 bridgehead atoms. The molecule has 1 aromatic carbocycles. The van der Waals surface area contributed by atoms with Crippen molar-refractivity contribution in [1.29, 1.82) is 5.26 Å². The quantitative estimate of drug-likeness (QED) is 0.746. The highest BCUT2D eigenvalue weighted by molar-refractivity contribution is 5.71. The lowest BCUT2D eigenvalue weighted by atomic mass is 10.2. The average Bonchev–Trinajstić information content (AvgIpc) is 2.45. The molecule has 106 valence electrons. The Balaban J connectivity index is 2.68. The summed E-state index contributed by atoms with van der Waals surface area (Å²) in [7, 11) is 1.53. The third-order valence-corrected chi connectivity index (χ3v) is 2.38. The number of nitriles is 1. The van der Waals surface area contributed by atoms with Gasteiger partial charge in [-0.3, -0.25) is 0 Å². The van der Waals surface area contributed by atoms with Crippen molar-refractivity contribution >= 4 is 12.0 Å². The SMILES string of the molecule is C/C=C/c1ccc(OCC(=O)O[C@H](C)C#N)c(OC)c1. The highest BCUT2D eigenvalue weighted by Crippen LogP contribution is 2.28. The molecule has 0 spiro atoms. The number of methoxy groups -OCH3 is 1. The van der Waals surface area contributed by atoms with Crippen molar-refractivity contribution in [3.8, 4) is 17.6 Å². The number of rotatable bonds is 6. The van der Waals surface area contributed by atoms with Crippen LogP contribution in [0.4, 0.5) is 0 Å². The Morgan fingerprint density at radius 1 is 1.45 bits per heavy atom. The van der Waals surface area contributed by atoms with E-state index in [1.807, 2.05) is 31.2 Å². The van der Waals surface area contributed by atoms with Gasteiger partial charge in [0.1, 0.15) is 6.07 Å². The van der Waals surface area contributed by atoms with Gasteiger partial charge in [-0.2, -0.15) is 5.26 Å². The largest absolute Gasteiger partial charge is 0.493 e. The number of benzene rings is 1. The fourth-order valence-electron chi connectivity index (χ4n) is 1.49. The summed E-state index contributed by atoms with van der Waals surface area (Å²) < 4.78 is 15.3. The van der Waals surface area contributed by atoms with Crippen LogP contribution < -0.4 is 9.47 Å². The molecule has 0 aliphatic heterocycles. The molecular formula is C15H17NO4. The first-order chi connectivity index (χ1) is 9.60. The molecule has 0 aromatic heterocycles. The summed E-state index contributed by atoms with van der Waals surface area (Å²) in [5, 5.41) is 8.54. The summed E-state index contributed by atoms with van der Waals surface area (Å²) in [4.78, 5) is 11.4. The zero-order valence-corrected chi connectivity index (χ0v) is 11.8. The predicted octanol–water partition coefficient (Wildman–Crippen LogP) is 2.56. The summed E-state index contributed by atoms with van der Waals surface area (Å²) in [5.41, 5.74) is 0.970. The summed E-state index contributed by atoms with van der Waals surface area (Å²) in [6, 6.07) is 7.18. The van der Waals surface area contributed by atoms with Gasteiger partial charge in [-0.25, -0.2) is 4.79 Å². The van der Waals surface area contributed by atoms with Gasteiger partial charge in [-0.1, -0.05) is 18.2 Å². The maximum atomic E-state index is 11.4. The second-order valence-electron chi connectivity index (χ2n) is 3.96. The molecule has 5 nitrogen and oxygen atoms in total. The van der Waals surface area contributed by atoms with E-state index in [0.29, 0.717) is 11.5 Å². The predicted molar refractivity (Wildman–Crippen MR) is 74.4 cm³/mol. The molecule has 0 heterocycles. The zero-order valence-electron chi connectivity index (χ0n) is 11.8. The van der Waals surface area contributed by atoms with Crippen LogP contribution in [0, 0.1) is 11.3 Å². The number of ether oxygens (including phenoxy) is 3. The Labute approximate surface area is 118 Å². The molecule has 0 saturated carbocycles. The second kappa shape index (κ2) is 7.85. The molecule has 20 heavy (non-hydrogen) atoms. The molecule has 0 aliphatic rings. The number of carbonyl (C=O) groups excluding carboxylic acids is 1. The number of nitrogens with zero attached hydrogens (tertiary/aromatic N) is 1. The van der Waals surface area contributed by atoms with Crippen molar-refractivity contribution in [2.45, 2.75) is 20.0 Å². The second-order valence-corrected chi connectivity index (χ2v) is 3.96. The van der Waals surface area contributed by atoms with E-state index in [0.717, 1.165) is 5.56 Å². The molecule has 0 amide bonds. The van der Waals surface area contributed by atoms with Crippen LogP contribution in [0.5, 0.6) is 11.5 Å². The fraction of sp³-hybridized carbons (Fsp3) is 0.333. The van der Waals surface area contributed by atoms with Crippen LogP contribution in [0.25, 0.3) is 6.08 Å². The summed E-state index contributed by atoms with van der Waals surface area (Å²) in [5.74, 6) is 0.377. The molecule has 0 unspecified atom stereocenters. The van der Waals surface area contributed by atoms with Crippen molar-refractivity contribution in [3.63, 3.8) is 0 Å². The third kappa shape index (κ3) is 4.65. The van der Waals surface area contributed by atoms with Crippen LogP contribution >= 0.6 is 0 Å². The minimum atomic E-state index is -0.787. The molecule has 1 aromatic rings. The van der Waals surface area contributed by atoms with Crippen LogP contribution in [-0.2, 0) is 9.53 Å². The molecular weight excluding hydrogens is 258 g/mol. The minimum Gasteiger partial charge on any atom is -0.493 e. The zero-order chi connectivity index (χ0) is 15.0. The number of hydrogen-bond donors (Lipinski definition) is 0. The smallest absolute Gasteiger partial charge is 0.345 e. The maximum absolute atomic E-state index is 11.4. The Hall–Kier alpha value is -2.48. The van der Waals surface area contributed by atoms with Gasteiger partial charge in [0.25, 0.3) is 0 Å². The van der Waals surface area contributed by atoms with E-state index < -0.39 is 12.1 Å². The first-order valence-electron chi connectivity index (χ1n) is 6.13. The topological polar surface area (TPSA) is 68.5 Å². The van der Waals surface area contributed by atoms with Gasteiger partial charge in [-0.15, -0.1) is 0 Å². The molecule has 0 fully saturated rings.